The molecule has 2 aromatic rings. The molecule has 6 nitrogen and oxygen atoms in total. The van der Waals surface area contributed by atoms with E-state index in [1.54, 1.807) is 12.1 Å². The summed E-state index contributed by atoms with van der Waals surface area (Å²) in [5, 5.41) is 6.90. The molecule has 0 spiro atoms. The minimum absolute atomic E-state index is 0.0316. The molecule has 2 aromatic carbocycles. The average Bonchev–Trinajstić information content (AvgIpc) is 2.65. The molecule has 1 heterocycles. The highest BCUT2D eigenvalue weighted by atomic mass is 32.2. The van der Waals surface area contributed by atoms with Crippen LogP contribution >= 0.6 is 12.2 Å². The molecule has 0 radical (unpaired) electrons. The van der Waals surface area contributed by atoms with Crippen molar-refractivity contribution in [2.24, 2.45) is 0 Å². The van der Waals surface area contributed by atoms with Gasteiger partial charge in [-0.2, -0.15) is 0 Å². The van der Waals surface area contributed by atoms with Crippen LogP contribution in [0.2, 0.25) is 0 Å². The average molecular weight is 407 g/mol. The van der Waals surface area contributed by atoms with E-state index < -0.39 is 9.84 Å². The summed E-state index contributed by atoms with van der Waals surface area (Å²) in [5.41, 5.74) is 1.77. The Labute approximate surface area is 164 Å². The zero-order valence-corrected chi connectivity index (χ0v) is 16.8. The number of benzene rings is 2. The Hall–Kier alpha value is -2.32. The van der Waals surface area contributed by atoms with E-state index in [1.807, 2.05) is 37.3 Å². The molecule has 0 aromatic heterocycles. The number of hydrogen-bond donors (Lipinski definition) is 2. The van der Waals surface area contributed by atoms with Crippen molar-refractivity contribution in [2.75, 3.05) is 24.8 Å². The van der Waals surface area contributed by atoms with Gasteiger partial charge >= 0.3 is 0 Å². The van der Waals surface area contributed by atoms with Crippen LogP contribution in [0.5, 0.6) is 11.5 Å². The SMILES string of the molecule is CC[C@H](NC(=S)Nc1ccc2c(c1)OCCO2)c1ccc(S(C)(=O)=O)cc1. The first kappa shape index (κ1) is 19.4. The fraction of sp³-hybridized carbons (Fsp3) is 0.316. The summed E-state index contributed by atoms with van der Waals surface area (Å²) in [7, 11) is -3.20. The first-order valence-corrected chi connectivity index (χ1v) is 10.9. The summed E-state index contributed by atoms with van der Waals surface area (Å²) in [6, 6.07) is 12.4. The van der Waals surface area contributed by atoms with Crippen molar-refractivity contribution in [3.05, 3.63) is 48.0 Å². The summed E-state index contributed by atoms with van der Waals surface area (Å²) in [6.45, 7) is 3.12. The predicted molar refractivity (Wildman–Crippen MR) is 109 cm³/mol. The number of thiocarbonyl (C=S) groups is 1. The summed E-state index contributed by atoms with van der Waals surface area (Å²) in [5.74, 6) is 1.42. The number of rotatable bonds is 5. The topological polar surface area (TPSA) is 76.7 Å². The number of fused-ring (bicyclic) bond motifs is 1. The van der Waals surface area contributed by atoms with Crippen LogP contribution in [0, 0.1) is 0 Å². The monoisotopic (exact) mass is 406 g/mol. The van der Waals surface area contributed by atoms with Gasteiger partial charge in [0.1, 0.15) is 13.2 Å². The molecule has 8 heteroatoms. The third-order valence-corrected chi connectivity index (χ3v) is 5.57. The van der Waals surface area contributed by atoms with Gasteiger partial charge in [-0.25, -0.2) is 8.42 Å². The Bertz CT molecular complexity index is 927. The quantitative estimate of drug-likeness (QED) is 0.738. The van der Waals surface area contributed by atoms with E-state index in [4.69, 9.17) is 21.7 Å². The molecule has 0 bridgehead atoms. The molecule has 0 amide bonds. The van der Waals surface area contributed by atoms with Crippen LogP contribution in [0.4, 0.5) is 5.69 Å². The third kappa shape index (κ3) is 4.90. The summed E-state index contributed by atoms with van der Waals surface area (Å²) in [6.07, 6.45) is 1.99. The van der Waals surface area contributed by atoms with Gasteiger partial charge in [0.25, 0.3) is 0 Å². The standard InChI is InChI=1S/C19H22N2O4S2/c1-3-16(13-4-7-15(8-5-13)27(2,22)23)21-19(26)20-14-6-9-17-18(12-14)25-11-10-24-17/h4-9,12,16H,3,10-11H2,1-2H3,(H2,20,21,26)/t16-/m0/s1. The second-order valence-electron chi connectivity index (χ2n) is 6.26. The minimum Gasteiger partial charge on any atom is -0.486 e. The molecule has 0 unspecified atom stereocenters. The van der Waals surface area contributed by atoms with Crippen molar-refractivity contribution >= 4 is 32.9 Å². The number of hydrogen-bond acceptors (Lipinski definition) is 5. The number of nitrogens with one attached hydrogen (secondary N) is 2. The van der Waals surface area contributed by atoms with Crippen LogP contribution in [0.1, 0.15) is 24.9 Å². The van der Waals surface area contributed by atoms with Crippen LogP contribution in [-0.2, 0) is 9.84 Å². The van der Waals surface area contributed by atoms with Crippen LogP contribution < -0.4 is 20.1 Å². The molecule has 27 heavy (non-hydrogen) atoms. The first-order valence-electron chi connectivity index (χ1n) is 8.64. The molecular formula is C19H22N2O4S2. The number of sulfone groups is 1. The maximum atomic E-state index is 11.6. The van der Waals surface area contributed by atoms with E-state index in [9.17, 15) is 8.42 Å². The molecule has 0 aliphatic carbocycles. The Morgan fingerprint density at radius 3 is 2.41 bits per heavy atom. The normalized spacial score (nSPS) is 14.3. The van der Waals surface area contributed by atoms with Gasteiger partial charge in [-0.3, -0.25) is 0 Å². The van der Waals surface area contributed by atoms with Crippen molar-refractivity contribution in [2.45, 2.75) is 24.3 Å². The maximum Gasteiger partial charge on any atom is 0.175 e. The molecule has 1 aliphatic heterocycles. The van der Waals surface area contributed by atoms with E-state index in [2.05, 4.69) is 10.6 Å². The molecule has 144 valence electrons. The Balaban J connectivity index is 1.66. The molecule has 1 atom stereocenters. The summed E-state index contributed by atoms with van der Waals surface area (Å²) in [4.78, 5) is 0.304. The molecule has 0 saturated carbocycles. The minimum atomic E-state index is -3.20. The fourth-order valence-corrected chi connectivity index (χ4v) is 3.71. The van der Waals surface area contributed by atoms with Crippen LogP contribution in [-0.4, -0.2) is 33.0 Å². The lowest BCUT2D eigenvalue weighted by Gasteiger charge is -2.22. The van der Waals surface area contributed by atoms with Gasteiger partial charge < -0.3 is 20.1 Å². The largest absolute Gasteiger partial charge is 0.486 e. The highest BCUT2D eigenvalue weighted by Gasteiger charge is 2.15. The van der Waals surface area contributed by atoms with Crippen LogP contribution in [0.3, 0.4) is 0 Å². The molecule has 2 N–H and O–H groups in total. The van der Waals surface area contributed by atoms with E-state index in [0.29, 0.717) is 29.0 Å². The lowest BCUT2D eigenvalue weighted by Crippen LogP contribution is -2.32. The van der Waals surface area contributed by atoms with Gasteiger partial charge in [0, 0.05) is 18.0 Å². The second-order valence-corrected chi connectivity index (χ2v) is 8.68. The van der Waals surface area contributed by atoms with Gasteiger partial charge in [0.05, 0.1) is 10.9 Å². The third-order valence-electron chi connectivity index (χ3n) is 4.22. The predicted octanol–water partition coefficient (Wildman–Crippen LogP) is 3.30. The van der Waals surface area contributed by atoms with Crippen molar-refractivity contribution in [3.8, 4) is 11.5 Å². The van der Waals surface area contributed by atoms with E-state index in [1.165, 1.54) is 6.26 Å². The Kier molecular flexibility index (Phi) is 5.86. The molecule has 0 saturated heterocycles. The maximum absolute atomic E-state index is 11.6. The van der Waals surface area contributed by atoms with Crippen molar-refractivity contribution < 1.29 is 17.9 Å². The van der Waals surface area contributed by atoms with Gasteiger partial charge in [-0.15, -0.1) is 0 Å². The Morgan fingerprint density at radius 1 is 1.11 bits per heavy atom. The smallest absolute Gasteiger partial charge is 0.175 e. The van der Waals surface area contributed by atoms with E-state index in [-0.39, 0.29) is 6.04 Å². The highest BCUT2D eigenvalue weighted by Crippen LogP contribution is 2.32. The second kappa shape index (κ2) is 8.14. The van der Waals surface area contributed by atoms with Crippen LogP contribution in [0.15, 0.2) is 47.4 Å². The van der Waals surface area contributed by atoms with Gasteiger partial charge in [0.15, 0.2) is 26.4 Å². The molecular weight excluding hydrogens is 384 g/mol. The fourth-order valence-electron chi connectivity index (χ4n) is 2.81. The summed E-state index contributed by atoms with van der Waals surface area (Å²) < 4.78 is 34.3. The lowest BCUT2D eigenvalue weighted by atomic mass is 10.1. The summed E-state index contributed by atoms with van der Waals surface area (Å²) >= 11 is 5.43. The molecule has 0 fully saturated rings. The van der Waals surface area contributed by atoms with Crippen molar-refractivity contribution in [1.82, 2.24) is 5.32 Å². The van der Waals surface area contributed by atoms with Crippen molar-refractivity contribution in [1.29, 1.82) is 0 Å². The lowest BCUT2D eigenvalue weighted by molar-refractivity contribution is 0.171. The molecule has 3 rings (SSSR count). The first-order chi connectivity index (χ1) is 12.9. The van der Waals surface area contributed by atoms with Gasteiger partial charge in [-0.1, -0.05) is 19.1 Å². The Morgan fingerprint density at radius 2 is 1.78 bits per heavy atom. The van der Waals surface area contributed by atoms with E-state index in [0.717, 1.165) is 23.4 Å². The van der Waals surface area contributed by atoms with E-state index >= 15 is 0 Å². The number of anilines is 1. The van der Waals surface area contributed by atoms with Gasteiger partial charge in [0.2, 0.25) is 0 Å². The zero-order chi connectivity index (χ0) is 19.4. The van der Waals surface area contributed by atoms with Crippen LogP contribution in [0.25, 0.3) is 0 Å². The number of ether oxygens (including phenoxy) is 2. The zero-order valence-electron chi connectivity index (χ0n) is 15.2. The highest BCUT2D eigenvalue weighted by molar-refractivity contribution is 7.90. The molecule has 1 aliphatic rings. The van der Waals surface area contributed by atoms with Gasteiger partial charge in [-0.05, 0) is 48.5 Å². The van der Waals surface area contributed by atoms with Crippen molar-refractivity contribution in [3.63, 3.8) is 0 Å².